The van der Waals surface area contributed by atoms with Crippen LogP contribution in [0.5, 0.6) is 0 Å². The molecule has 1 atom stereocenters. The van der Waals surface area contributed by atoms with Crippen LogP contribution < -0.4 is 16.4 Å². The number of amides is 1. The number of carboxylic acids is 1. The number of H-pyrrole nitrogens is 1. The van der Waals surface area contributed by atoms with Crippen molar-refractivity contribution < 1.29 is 19.4 Å². The van der Waals surface area contributed by atoms with Crippen molar-refractivity contribution in [2.24, 2.45) is 5.73 Å². The molecule has 9 heteroatoms. The smallest absolute Gasteiger partial charge is 0.411 e. The minimum atomic E-state index is -1.10. The summed E-state index contributed by atoms with van der Waals surface area (Å²) < 4.78 is 4.62. The summed E-state index contributed by atoms with van der Waals surface area (Å²) in [7, 11) is 1.29. The van der Waals surface area contributed by atoms with Gasteiger partial charge in [-0.3, -0.25) is 5.32 Å². The van der Waals surface area contributed by atoms with E-state index in [9.17, 15) is 14.7 Å². The number of nitrogens with zero attached hydrogens (tertiary/aromatic N) is 1. The van der Waals surface area contributed by atoms with Crippen molar-refractivity contribution >= 4 is 23.4 Å². The van der Waals surface area contributed by atoms with Gasteiger partial charge in [0.1, 0.15) is 11.5 Å². The highest BCUT2D eigenvalue weighted by molar-refractivity contribution is 5.96. The highest BCUT2D eigenvalue weighted by atomic mass is 16.5. The van der Waals surface area contributed by atoms with Gasteiger partial charge in [0, 0.05) is 23.5 Å². The quantitative estimate of drug-likeness (QED) is 0.544. The first-order chi connectivity index (χ1) is 13.0. The van der Waals surface area contributed by atoms with Crippen LogP contribution in [0.4, 0.5) is 16.2 Å². The zero-order chi connectivity index (χ0) is 19.4. The largest absolute Gasteiger partial charge is 0.477 e. The highest BCUT2D eigenvalue weighted by Gasteiger charge is 2.23. The Labute approximate surface area is 156 Å². The number of imidazole rings is 1. The Bertz CT molecular complexity index is 848. The van der Waals surface area contributed by atoms with Crippen LogP contribution >= 0.6 is 0 Å². The third-order valence-electron chi connectivity index (χ3n) is 4.50. The van der Waals surface area contributed by atoms with E-state index in [1.807, 2.05) is 0 Å². The zero-order valence-corrected chi connectivity index (χ0v) is 15.0. The fourth-order valence-corrected chi connectivity index (χ4v) is 3.09. The van der Waals surface area contributed by atoms with E-state index in [1.165, 1.54) is 7.11 Å². The molecule has 0 fully saturated rings. The molecule has 0 unspecified atom stereocenters. The molecule has 0 saturated carbocycles. The minimum Gasteiger partial charge on any atom is -0.477 e. The lowest BCUT2D eigenvalue weighted by Crippen LogP contribution is -2.13. The highest BCUT2D eigenvalue weighted by Crippen LogP contribution is 2.33. The summed E-state index contributed by atoms with van der Waals surface area (Å²) in [6, 6.07) is 4.78. The number of carboxylic acid groups (broad SMARTS) is 1. The van der Waals surface area contributed by atoms with Gasteiger partial charge in [0.15, 0.2) is 5.69 Å². The number of anilines is 2. The molecule has 2 bridgehead atoms. The van der Waals surface area contributed by atoms with Crippen LogP contribution in [-0.2, 0) is 4.74 Å². The summed E-state index contributed by atoms with van der Waals surface area (Å²) in [5, 5.41) is 15.5. The number of benzene rings is 1. The first kappa shape index (κ1) is 18.7. The number of carbonyl (C=O) groups excluding carboxylic acids is 1. The lowest BCUT2D eigenvalue weighted by molar-refractivity contribution is 0.0691. The molecule has 1 aliphatic heterocycles. The Kier molecular flexibility index (Phi) is 5.60. The molecule has 0 spiro atoms. The van der Waals surface area contributed by atoms with Crippen molar-refractivity contribution in [2.75, 3.05) is 24.3 Å². The van der Waals surface area contributed by atoms with Crippen LogP contribution in [0.1, 0.15) is 48.0 Å². The Morgan fingerprint density at radius 3 is 2.89 bits per heavy atom. The molecule has 6 N–H and O–H groups in total. The van der Waals surface area contributed by atoms with Crippen LogP contribution in [-0.4, -0.2) is 40.8 Å². The number of methoxy groups -OCH3 is 1. The number of fused-ring (bicyclic) bond motifs is 4. The maximum absolute atomic E-state index is 11.7. The summed E-state index contributed by atoms with van der Waals surface area (Å²) in [5.41, 5.74) is 8.33. The third kappa shape index (κ3) is 4.20. The number of aromatic amines is 1. The van der Waals surface area contributed by atoms with Crippen molar-refractivity contribution in [3.05, 3.63) is 29.7 Å². The Balaban J connectivity index is 2.09. The van der Waals surface area contributed by atoms with Gasteiger partial charge in [-0.25, -0.2) is 14.6 Å². The van der Waals surface area contributed by atoms with Gasteiger partial charge in [-0.1, -0.05) is 12.8 Å². The van der Waals surface area contributed by atoms with Crippen LogP contribution in [0.2, 0.25) is 0 Å². The first-order valence-electron chi connectivity index (χ1n) is 8.81. The van der Waals surface area contributed by atoms with Gasteiger partial charge in [0.2, 0.25) is 0 Å². The maximum atomic E-state index is 11.7. The minimum absolute atomic E-state index is 0.00331. The van der Waals surface area contributed by atoms with Gasteiger partial charge in [0.25, 0.3) is 0 Å². The van der Waals surface area contributed by atoms with Crippen LogP contribution in [0.15, 0.2) is 18.2 Å². The lowest BCUT2D eigenvalue weighted by Gasteiger charge is -2.15. The van der Waals surface area contributed by atoms with E-state index in [1.54, 1.807) is 18.2 Å². The average molecular weight is 373 g/mol. The molecule has 0 radical (unpaired) electrons. The average Bonchev–Trinajstić information content (AvgIpc) is 3.09. The number of hydrogen-bond donors (Lipinski definition) is 5. The van der Waals surface area contributed by atoms with Gasteiger partial charge < -0.3 is 25.9 Å². The van der Waals surface area contributed by atoms with Gasteiger partial charge in [-0.2, -0.15) is 0 Å². The van der Waals surface area contributed by atoms with Crippen molar-refractivity contribution in [1.29, 1.82) is 0 Å². The van der Waals surface area contributed by atoms with E-state index < -0.39 is 12.1 Å². The third-order valence-corrected chi connectivity index (χ3v) is 4.50. The molecule has 9 nitrogen and oxygen atoms in total. The van der Waals surface area contributed by atoms with Crippen molar-refractivity contribution in [3.8, 4) is 11.3 Å². The van der Waals surface area contributed by atoms with Crippen LogP contribution in [0.25, 0.3) is 11.3 Å². The molecule has 1 aliphatic rings. The van der Waals surface area contributed by atoms with Gasteiger partial charge in [-0.15, -0.1) is 0 Å². The van der Waals surface area contributed by atoms with Crippen molar-refractivity contribution in [1.82, 2.24) is 9.97 Å². The molecule has 1 aromatic carbocycles. The Morgan fingerprint density at radius 1 is 1.33 bits per heavy atom. The van der Waals surface area contributed by atoms with Crippen LogP contribution in [0, 0.1) is 0 Å². The van der Waals surface area contributed by atoms with E-state index in [0.29, 0.717) is 35.0 Å². The molecule has 144 valence electrons. The predicted octanol–water partition coefficient (Wildman–Crippen LogP) is 2.94. The van der Waals surface area contributed by atoms with Gasteiger partial charge in [-0.05, 0) is 31.0 Å². The van der Waals surface area contributed by atoms with Crippen LogP contribution in [0.3, 0.4) is 0 Å². The molecule has 0 aliphatic carbocycles. The number of ether oxygens (including phenoxy) is 1. The number of hydrogen-bond acceptors (Lipinski definition) is 6. The summed E-state index contributed by atoms with van der Waals surface area (Å²) >= 11 is 0. The number of nitrogens with one attached hydrogen (secondary N) is 3. The molecule has 2 heterocycles. The molecule has 3 rings (SSSR count). The van der Waals surface area contributed by atoms with E-state index in [0.717, 1.165) is 25.7 Å². The number of carbonyl (C=O) groups is 2. The van der Waals surface area contributed by atoms with Crippen molar-refractivity contribution in [2.45, 2.75) is 31.7 Å². The molecular formula is C18H23N5O4. The Hall–Kier alpha value is -3.07. The predicted molar refractivity (Wildman–Crippen MR) is 101 cm³/mol. The molecular weight excluding hydrogens is 350 g/mol. The second-order valence-corrected chi connectivity index (χ2v) is 6.41. The summed E-state index contributed by atoms with van der Waals surface area (Å²) in [4.78, 5) is 30.5. The standard InChI is InChI=1S/C18H23N5O4/c1-27-18(26)21-10-6-7-11-13(9-10)20-8-4-2-3-5-12(19)16-22-14(11)15(23-16)17(24)25/h6-7,9,12,20H,2-5,8,19H2,1H3,(H,21,26)(H,22,23)(H,24,25)/t12-/m0/s1. The number of nitrogens with two attached hydrogens (primary N) is 1. The number of rotatable bonds is 2. The molecule has 1 amide bonds. The second-order valence-electron chi connectivity index (χ2n) is 6.41. The number of aromatic carboxylic acids is 1. The lowest BCUT2D eigenvalue weighted by atomic mass is 10.1. The zero-order valence-electron chi connectivity index (χ0n) is 15.0. The van der Waals surface area contributed by atoms with Gasteiger partial charge >= 0.3 is 12.1 Å². The van der Waals surface area contributed by atoms with E-state index in [2.05, 4.69) is 25.3 Å². The van der Waals surface area contributed by atoms with E-state index >= 15 is 0 Å². The fourth-order valence-electron chi connectivity index (χ4n) is 3.09. The molecule has 2 aromatic rings. The number of aromatic nitrogens is 2. The van der Waals surface area contributed by atoms with E-state index in [4.69, 9.17) is 5.73 Å². The topological polar surface area (TPSA) is 142 Å². The molecule has 27 heavy (non-hydrogen) atoms. The SMILES string of the molecule is COC(=O)Nc1ccc2c(c1)NCCCCC[C@H](N)c1nc-2c(C(=O)O)[nH]1. The second kappa shape index (κ2) is 8.09. The summed E-state index contributed by atoms with van der Waals surface area (Å²) in [6.07, 6.45) is 3.03. The summed E-state index contributed by atoms with van der Waals surface area (Å²) in [6.45, 7) is 0.712. The maximum Gasteiger partial charge on any atom is 0.411 e. The van der Waals surface area contributed by atoms with E-state index in [-0.39, 0.29) is 11.7 Å². The molecule has 0 saturated heterocycles. The normalized spacial score (nSPS) is 16.9. The molecule has 1 aromatic heterocycles. The summed E-state index contributed by atoms with van der Waals surface area (Å²) in [5.74, 6) is -0.640. The fraction of sp³-hybridized carbons (Fsp3) is 0.389. The first-order valence-corrected chi connectivity index (χ1v) is 8.81. The Morgan fingerprint density at radius 2 is 2.15 bits per heavy atom. The van der Waals surface area contributed by atoms with Gasteiger partial charge in [0.05, 0.1) is 13.2 Å². The monoisotopic (exact) mass is 373 g/mol. The van der Waals surface area contributed by atoms with Crippen molar-refractivity contribution in [3.63, 3.8) is 0 Å².